The number of nitrogens with one attached hydrogen (secondary N) is 1. The van der Waals surface area contributed by atoms with Gasteiger partial charge in [-0.15, -0.1) is 0 Å². The molecule has 0 saturated carbocycles. The summed E-state index contributed by atoms with van der Waals surface area (Å²) < 4.78 is 5.90. The first-order valence-electron chi connectivity index (χ1n) is 12.9. The zero-order chi connectivity index (χ0) is 25.5. The molecule has 1 amide bonds. The van der Waals surface area contributed by atoms with Crippen molar-refractivity contribution in [3.8, 4) is 33.8 Å². The van der Waals surface area contributed by atoms with Gasteiger partial charge in [-0.1, -0.05) is 61.0 Å². The number of carbonyl (C=O) groups excluding carboxylic acids is 1. The van der Waals surface area contributed by atoms with Crippen LogP contribution in [0, 0.1) is 0 Å². The molecular formula is C32H32N2O3. The van der Waals surface area contributed by atoms with E-state index in [0.29, 0.717) is 23.4 Å². The van der Waals surface area contributed by atoms with Gasteiger partial charge in [0.15, 0.2) is 0 Å². The number of hydrogen-bond acceptors (Lipinski definition) is 4. The van der Waals surface area contributed by atoms with Crippen LogP contribution in [-0.2, 0) is 0 Å². The zero-order valence-corrected chi connectivity index (χ0v) is 20.9. The third kappa shape index (κ3) is 6.38. The molecule has 2 N–H and O–H groups in total. The van der Waals surface area contributed by atoms with Crippen LogP contribution in [0.15, 0.2) is 97.1 Å². The van der Waals surface area contributed by atoms with Crippen molar-refractivity contribution in [2.45, 2.75) is 19.3 Å². The van der Waals surface area contributed by atoms with E-state index in [1.165, 1.54) is 25.3 Å². The normalized spacial score (nSPS) is 13.7. The summed E-state index contributed by atoms with van der Waals surface area (Å²) >= 11 is 0. The number of anilines is 1. The second kappa shape index (κ2) is 11.8. The van der Waals surface area contributed by atoms with Crippen LogP contribution in [-0.4, -0.2) is 42.2 Å². The molecule has 1 heterocycles. The maximum absolute atomic E-state index is 13.2. The van der Waals surface area contributed by atoms with Crippen molar-refractivity contribution >= 4 is 11.6 Å². The molecular weight excluding hydrogens is 460 g/mol. The highest BCUT2D eigenvalue weighted by atomic mass is 16.5. The predicted molar refractivity (Wildman–Crippen MR) is 149 cm³/mol. The van der Waals surface area contributed by atoms with Gasteiger partial charge in [0.1, 0.15) is 18.1 Å². The van der Waals surface area contributed by atoms with Gasteiger partial charge in [-0.3, -0.25) is 9.69 Å². The topological polar surface area (TPSA) is 61.8 Å². The molecule has 5 heteroatoms. The Morgan fingerprint density at radius 1 is 0.784 bits per heavy atom. The number of benzene rings is 4. The third-order valence-electron chi connectivity index (χ3n) is 6.79. The number of likely N-dealkylation sites (tertiary alicyclic amines) is 1. The first-order chi connectivity index (χ1) is 18.2. The molecule has 4 aromatic rings. The Balaban J connectivity index is 1.25. The van der Waals surface area contributed by atoms with Gasteiger partial charge in [-0.2, -0.15) is 0 Å². The van der Waals surface area contributed by atoms with E-state index in [9.17, 15) is 9.90 Å². The summed E-state index contributed by atoms with van der Waals surface area (Å²) in [4.78, 5) is 15.7. The van der Waals surface area contributed by atoms with E-state index in [0.717, 1.165) is 42.1 Å². The molecule has 188 valence electrons. The molecule has 0 unspecified atom stereocenters. The lowest BCUT2D eigenvalue weighted by Crippen LogP contribution is -2.33. The van der Waals surface area contributed by atoms with Gasteiger partial charge in [0, 0.05) is 17.8 Å². The lowest BCUT2D eigenvalue weighted by atomic mass is 9.96. The fourth-order valence-electron chi connectivity index (χ4n) is 4.75. The molecule has 0 bridgehead atoms. The van der Waals surface area contributed by atoms with Crippen molar-refractivity contribution in [1.82, 2.24) is 4.90 Å². The molecule has 0 spiro atoms. The van der Waals surface area contributed by atoms with E-state index in [2.05, 4.69) is 22.3 Å². The Labute approximate surface area is 218 Å². The summed E-state index contributed by atoms with van der Waals surface area (Å²) in [5, 5.41) is 13.1. The number of phenols is 1. The number of ether oxygens (including phenoxy) is 1. The molecule has 1 aliphatic heterocycles. The fourth-order valence-corrected chi connectivity index (χ4v) is 4.75. The van der Waals surface area contributed by atoms with Crippen LogP contribution < -0.4 is 10.1 Å². The van der Waals surface area contributed by atoms with E-state index < -0.39 is 0 Å². The number of rotatable bonds is 8. The highest BCUT2D eigenvalue weighted by molar-refractivity contribution is 6.09. The maximum Gasteiger partial charge on any atom is 0.256 e. The quantitative estimate of drug-likeness (QED) is 0.283. The summed E-state index contributed by atoms with van der Waals surface area (Å²) in [5.41, 5.74) is 4.93. The summed E-state index contributed by atoms with van der Waals surface area (Å²) in [6, 6.07) is 30.4. The molecule has 1 fully saturated rings. The van der Waals surface area contributed by atoms with Crippen molar-refractivity contribution in [2.24, 2.45) is 0 Å². The van der Waals surface area contributed by atoms with Crippen molar-refractivity contribution in [3.63, 3.8) is 0 Å². The van der Waals surface area contributed by atoms with Crippen molar-refractivity contribution in [2.75, 3.05) is 31.6 Å². The minimum atomic E-state index is -0.235. The monoisotopic (exact) mass is 492 g/mol. The smallest absolute Gasteiger partial charge is 0.256 e. The molecule has 1 saturated heterocycles. The van der Waals surface area contributed by atoms with Crippen LogP contribution in [0.2, 0.25) is 0 Å². The van der Waals surface area contributed by atoms with E-state index in [-0.39, 0.29) is 11.7 Å². The largest absolute Gasteiger partial charge is 0.508 e. The molecule has 0 radical (unpaired) electrons. The van der Waals surface area contributed by atoms with Crippen LogP contribution in [0.4, 0.5) is 5.69 Å². The fraction of sp³-hybridized carbons (Fsp3) is 0.219. The first kappa shape index (κ1) is 24.6. The van der Waals surface area contributed by atoms with Crippen molar-refractivity contribution in [3.05, 3.63) is 103 Å². The van der Waals surface area contributed by atoms with Crippen LogP contribution in [0.1, 0.15) is 29.6 Å². The number of phenolic OH excluding ortho intramolecular Hbond substituents is 1. The summed E-state index contributed by atoms with van der Waals surface area (Å²) in [6.45, 7) is 3.91. The zero-order valence-electron chi connectivity index (χ0n) is 20.9. The van der Waals surface area contributed by atoms with E-state index in [1.54, 1.807) is 12.1 Å². The SMILES string of the molecule is O=C(Nc1ccc(OCCN2CCCCC2)cc1)c1ccc(O)cc1-c1ccc(-c2ccccc2)cc1. The second-order valence-corrected chi connectivity index (χ2v) is 9.40. The van der Waals surface area contributed by atoms with E-state index >= 15 is 0 Å². The van der Waals surface area contributed by atoms with Gasteiger partial charge in [0.05, 0.1) is 0 Å². The van der Waals surface area contributed by atoms with Gasteiger partial charge in [-0.25, -0.2) is 0 Å². The summed E-state index contributed by atoms with van der Waals surface area (Å²) in [7, 11) is 0. The average molecular weight is 493 g/mol. The van der Waals surface area contributed by atoms with E-state index in [4.69, 9.17) is 4.74 Å². The Bertz CT molecular complexity index is 1310. The number of amides is 1. The lowest BCUT2D eigenvalue weighted by molar-refractivity contribution is 0.102. The Hall–Kier alpha value is -4.09. The Kier molecular flexibility index (Phi) is 7.82. The molecule has 1 aliphatic rings. The van der Waals surface area contributed by atoms with Crippen LogP contribution in [0.5, 0.6) is 11.5 Å². The van der Waals surface area contributed by atoms with Gasteiger partial charge in [0.2, 0.25) is 0 Å². The number of carbonyl (C=O) groups is 1. The van der Waals surface area contributed by atoms with Gasteiger partial charge in [-0.05, 0) is 90.6 Å². The maximum atomic E-state index is 13.2. The van der Waals surface area contributed by atoms with Crippen molar-refractivity contribution in [1.29, 1.82) is 0 Å². The highest BCUT2D eigenvalue weighted by Gasteiger charge is 2.15. The summed E-state index contributed by atoms with van der Waals surface area (Å²) in [6.07, 6.45) is 3.88. The van der Waals surface area contributed by atoms with Crippen LogP contribution >= 0.6 is 0 Å². The number of piperidine rings is 1. The molecule has 5 rings (SSSR count). The minimum absolute atomic E-state index is 0.116. The predicted octanol–water partition coefficient (Wildman–Crippen LogP) is 6.84. The number of aromatic hydroxyl groups is 1. The third-order valence-corrected chi connectivity index (χ3v) is 6.79. The lowest BCUT2D eigenvalue weighted by Gasteiger charge is -2.26. The van der Waals surface area contributed by atoms with E-state index in [1.807, 2.05) is 66.7 Å². The van der Waals surface area contributed by atoms with Crippen LogP contribution in [0.25, 0.3) is 22.3 Å². The molecule has 0 atom stereocenters. The molecule has 5 nitrogen and oxygen atoms in total. The molecule has 4 aromatic carbocycles. The van der Waals surface area contributed by atoms with Gasteiger partial charge < -0.3 is 15.2 Å². The van der Waals surface area contributed by atoms with Crippen LogP contribution in [0.3, 0.4) is 0 Å². The Morgan fingerprint density at radius 3 is 2.19 bits per heavy atom. The highest BCUT2D eigenvalue weighted by Crippen LogP contribution is 2.30. The van der Waals surface area contributed by atoms with Gasteiger partial charge in [0.25, 0.3) is 5.91 Å². The first-order valence-corrected chi connectivity index (χ1v) is 12.9. The number of nitrogens with zero attached hydrogens (tertiary/aromatic N) is 1. The Morgan fingerprint density at radius 2 is 1.46 bits per heavy atom. The summed E-state index contributed by atoms with van der Waals surface area (Å²) in [5.74, 6) is 0.671. The molecule has 0 aromatic heterocycles. The molecule has 0 aliphatic carbocycles. The standard InChI is InChI=1S/C32H32N2O3/c35-28-15-18-30(31(23-28)26-11-9-25(10-12-26)24-7-3-1-4-8-24)32(36)33-27-13-16-29(17-14-27)37-22-21-34-19-5-2-6-20-34/h1,3-4,7-18,23,35H,2,5-6,19-22H2,(H,33,36). The number of hydrogen-bond donors (Lipinski definition) is 2. The average Bonchev–Trinajstić information content (AvgIpc) is 2.95. The minimum Gasteiger partial charge on any atom is -0.508 e. The van der Waals surface area contributed by atoms with Gasteiger partial charge >= 0.3 is 0 Å². The molecule has 37 heavy (non-hydrogen) atoms. The van der Waals surface area contributed by atoms with Crippen molar-refractivity contribution < 1.29 is 14.6 Å². The second-order valence-electron chi connectivity index (χ2n) is 9.40.